The Bertz CT molecular complexity index is 1100. The van der Waals surface area contributed by atoms with Crippen LogP contribution in [0.4, 0.5) is 13.2 Å². The summed E-state index contributed by atoms with van der Waals surface area (Å²) >= 11 is 0. The Morgan fingerprint density at radius 3 is 2.56 bits per heavy atom. The van der Waals surface area contributed by atoms with Crippen LogP contribution in [0.15, 0.2) is 71.6 Å². The van der Waals surface area contributed by atoms with E-state index < -0.39 is 11.7 Å². The van der Waals surface area contributed by atoms with Gasteiger partial charge in [0.25, 0.3) is 0 Å². The lowest BCUT2D eigenvalue weighted by Crippen LogP contribution is -2.31. The second-order valence-corrected chi connectivity index (χ2v) is 7.97. The molecule has 0 amide bonds. The van der Waals surface area contributed by atoms with Gasteiger partial charge in [-0.1, -0.05) is 24.3 Å². The lowest BCUT2D eigenvalue weighted by atomic mass is 10.1. The minimum atomic E-state index is -4.34. The van der Waals surface area contributed by atoms with Crippen molar-refractivity contribution >= 4 is 12.2 Å². The summed E-state index contributed by atoms with van der Waals surface area (Å²) in [7, 11) is 0. The van der Waals surface area contributed by atoms with Gasteiger partial charge in [0.1, 0.15) is 24.3 Å². The van der Waals surface area contributed by atoms with Crippen molar-refractivity contribution in [3.63, 3.8) is 0 Å². The maximum absolute atomic E-state index is 12.6. The highest BCUT2D eigenvalue weighted by molar-refractivity contribution is 5.66. The van der Waals surface area contributed by atoms with Crippen molar-refractivity contribution < 1.29 is 22.3 Å². The van der Waals surface area contributed by atoms with Gasteiger partial charge in [0.15, 0.2) is 0 Å². The molecule has 0 fully saturated rings. The van der Waals surface area contributed by atoms with Crippen LogP contribution in [-0.2, 0) is 19.2 Å². The van der Waals surface area contributed by atoms with Crippen molar-refractivity contribution in [2.24, 2.45) is 0 Å². The quantitative estimate of drug-likeness (QED) is 0.432. The van der Waals surface area contributed by atoms with Crippen LogP contribution in [0.2, 0.25) is 0 Å². The van der Waals surface area contributed by atoms with E-state index in [2.05, 4.69) is 33.5 Å². The predicted octanol–water partition coefficient (Wildman–Crippen LogP) is 5.75. The molecule has 0 unspecified atom stereocenters. The summed E-state index contributed by atoms with van der Waals surface area (Å²) in [4.78, 5) is 6.64. The van der Waals surface area contributed by atoms with Crippen molar-refractivity contribution in [3.05, 3.63) is 95.5 Å². The Kier molecular flexibility index (Phi) is 7.57. The Labute approximate surface area is 196 Å². The third-order valence-corrected chi connectivity index (χ3v) is 5.39. The van der Waals surface area contributed by atoms with Crippen molar-refractivity contribution in [3.8, 4) is 5.75 Å². The molecular weight excluding hydrogens is 443 g/mol. The van der Waals surface area contributed by atoms with E-state index in [1.54, 1.807) is 12.2 Å². The molecule has 4 rings (SSSR count). The lowest BCUT2D eigenvalue weighted by Gasteiger charge is -2.23. The normalized spacial score (nSPS) is 13.9. The molecule has 1 aliphatic heterocycles. The van der Waals surface area contributed by atoms with Gasteiger partial charge in [-0.3, -0.25) is 0 Å². The smallest absolute Gasteiger partial charge is 0.416 e. The fourth-order valence-corrected chi connectivity index (χ4v) is 3.52. The number of rotatable bonds is 9. The van der Waals surface area contributed by atoms with Gasteiger partial charge in [0.2, 0.25) is 5.89 Å². The van der Waals surface area contributed by atoms with E-state index in [1.165, 1.54) is 24.0 Å². The van der Waals surface area contributed by atoms with Gasteiger partial charge in [-0.05, 0) is 54.3 Å². The van der Waals surface area contributed by atoms with E-state index in [0.717, 1.165) is 50.4 Å². The molecule has 0 spiro atoms. The van der Waals surface area contributed by atoms with Crippen molar-refractivity contribution in [2.45, 2.75) is 25.6 Å². The number of oxazole rings is 1. The standard InChI is InChI=1S/C26H26F3N3O2/c27-26(28,29)22-8-3-21(4-9-22)7-12-25-31-23(19-34-25)18-33-24-10-5-20(6-11-24)2-1-15-32-16-13-30-14-17-32/h3-13,16,19,30H,1-2,14-15,17-18H2/b12-7+. The Hall–Kier alpha value is -3.68. The van der Waals surface area contributed by atoms with Crippen LogP contribution in [-0.4, -0.2) is 29.5 Å². The average molecular weight is 470 g/mol. The molecule has 1 aliphatic rings. The minimum Gasteiger partial charge on any atom is -0.487 e. The van der Waals surface area contributed by atoms with Crippen molar-refractivity contribution in [2.75, 3.05) is 19.6 Å². The molecule has 0 saturated heterocycles. The van der Waals surface area contributed by atoms with Crippen LogP contribution in [0, 0.1) is 0 Å². The minimum absolute atomic E-state index is 0.256. The van der Waals surface area contributed by atoms with E-state index in [4.69, 9.17) is 9.15 Å². The van der Waals surface area contributed by atoms with E-state index in [1.807, 2.05) is 18.3 Å². The summed E-state index contributed by atoms with van der Waals surface area (Å²) in [6.07, 6.45) is 6.60. The molecule has 0 saturated carbocycles. The van der Waals surface area contributed by atoms with Gasteiger partial charge in [-0.2, -0.15) is 13.2 Å². The number of hydrogen-bond acceptors (Lipinski definition) is 5. The van der Waals surface area contributed by atoms with Crippen LogP contribution in [0.1, 0.15) is 34.7 Å². The van der Waals surface area contributed by atoms with Gasteiger partial charge in [0.05, 0.1) is 5.56 Å². The third kappa shape index (κ3) is 6.91. The van der Waals surface area contributed by atoms with Crippen molar-refractivity contribution in [1.29, 1.82) is 0 Å². The van der Waals surface area contributed by atoms with Gasteiger partial charge in [0, 0.05) is 38.1 Å². The number of halogens is 3. The topological polar surface area (TPSA) is 50.5 Å². The van der Waals surface area contributed by atoms with Crippen LogP contribution in [0.5, 0.6) is 5.75 Å². The van der Waals surface area contributed by atoms with Gasteiger partial charge >= 0.3 is 6.18 Å². The first kappa shape index (κ1) is 23.5. The van der Waals surface area contributed by atoms with E-state index in [9.17, 15) is 13.2 Å². The zero-order chi connectivity index (χ0) is 23.8. The Balaban J connectivity index is 1.22. The van der Waals surface area contributed by atoms with Crippen LogP contribution in [0.3, 0.4) is 0 Å². The highest BCUT2D eigenvalue weighted by Crippen LogP contribution is 2.29. The number of alkyl halides is 3. The molecule has 1 N–H and O–H groups in total. The molecule has 5 nitrogen and oxygen atoms in total. The summed E-state index contributed by atoms with van der Waals surface area (Å²) in [5.41, 5.74) is 1.83. The van der Waals surface area contributed by atoms with Gasteiger partial charge in [-0.15, -0.1) is 0 Å². The molecule has 8 heteroatoms. The van der Waals surface area contributed by atoms with E-state index >= 15 is 0 Å². The largest absolute Gasteiger partial charge is 0.487 e. The van der Waals surface area contributed by atoms with E-state index in [0.29, 0.717) is 17.1 Å². The molecular formula is C26H26F3N3O2. The summed E-state index contributed by atoms with van der Waals surface area (Å²) in [5.74, 6) is 1.10. The number of aryl methyl sites for hydroxylation is 1. The van der Waals surface area contributed by atoms with Gasteiger partial charge < -0.3 is 19.4 Å². The number of aromatic nitrogens is 1. The Morgan fingerprint density at radius 1 is 1.06 bits per heavy atom. The molecule has 0 radical (unpaired) electrons. The molecule has 34 heavy (non-hydrogen) atoms. The van der Waals surface area contributed by atoms with E-state index in [-0.39, 0.29) is 6.61 Å². The molecule has 2 heterocycles. The lowest BCUT2D eigenvalue weighted by molar-refractivity contribution is -0.137. The molecule has 2 aromatic carbocycles. The fraction of sp³-hybridized carbons (Fsp3) is 0.269. The van der Waals surface area contributed by atoms with Crippen LogP contribution in [0.25, 0.3) is 12.2 Å². The second kappa shape index (κ2) is 11.0. The van der Waals surface area contributed by atoms with Crippen LogP contribution < -0.4 is 10.1 Å². The van der Waals surface area contributed by atoms with Crippen LogP contribution >= 0.6 is 0 Å². The Morgan fingerprint density at radius 2 is 1.85 bits per heavy atom. The zero-order valence-electron chi connectivity index (χ0n) is 18.6. The highest BCUT2D eigenvalue weighted by atomic mass is 19.4. The number of ether oxygens (including phenoxy) is 1. The summed E-state index contributed by atoms with van der Waals surface area (Å²) in [5, 5.41) is 3.19. The van der Waals surface area contributed by atoms with Gasteiger partial charge in [-0.25, -0.2) is 4.98 Å². The molecule has 178 valence electrons. The predicted molar refractivity (Wildman–Crippen MR) is 125 cm³/mol. The number of nitrogens with zero attached hydrogens (tertiary/aromatic N) is 2. The summed E-state index contributed by atoms with van der Waals surface area (Å²) < 4.78 is 49.1. The highest BCUT2D eigenvalue weighted by Gasteiger charge is 2.29. The third-order valence-electron chi connectivity index (χ3n) is 5.39. The summed E-state index contributed by atoms with van der Waals surface area (Å²) in [6, 6.07) is 12.9. The SMILES string of the molecule is FC(F)(F)c1ccc(/C=C/c2nc(COc3ccc(CCCN4C=CNCC4)cc3)co2)cc1. The maximum Gasteiger partial charge on any atom is 0.416 e. The van der Waals surface area contributed by atoms with Crippen molar-refractivity contribution in [1.82, 2.24) is 15.2 Å². The average Bonchev–Trinajstić information content (AvgIpc) is 3.30. The molecule has 1 aromatic heterocycles. The molecule has 3 aromatic rings. The monoisotopic (exact) mass is 469 g/mol. The fourth-order valence-electron chi connectivity index (χ4n) is 3.52. The first-order valence-corrected chi connectivity index (χ1v) is 11.1. The zero-order valence-corrected chi connectivity index (χ0v) is 18.6. The summed E-state index contributed by atoms with van der Waals surface area (Å²) in [6.45, 7) is 3.33. The number of hydrogen-bond donors (Lipinski definition) is 1. The first-order valence-electron chi connectivity index (χ1n) is 11.1. The number of nitrogens with one attached hydrogen (secondary N) is 1. The first-order chi connectivity index (χ1) is 16.5. The maximum atomic E-state index is 12.6. The second-order valence-electron chi connectivity index (χ2n) is 7.97. The molecule has 0 bridgehead atoms. The molecule has 0 aliphatic carbocycles. The number of benzene rings is 2. The molecule has 0 atom stereocenters.